The predicted octanol–water partition coefficient (Wildman–Crippen LogP) is 1.03. The Bertz CT molecular complexity index is 314. The summed E-state index contributed by atoms with van der Waals surface area (Å²) in [5, 5.41) is 11.7. The third-order valence-electron chi connectivity index (χ3n) is 3.75. The molecular formula is C13H21NO4. The minimum absolute atomic E-state index is 0.0197. The van der Waals surface area contributed by atoms with Crippen LogP contribution in [0.2, 0.25) is 0 Å². The van der Waals surface area contributed by atoms with Crippen molar-refractivity contribution in [3.8, 4) is 0 Å². The molecular weight excluding hydrogens is 234 g/mol. The molecule has 0 heterocycles. The SMILES string of the molecule is O=C(O)[C@@H]1CC[C@H](C(=O)NCCOCC2CC2)C1. The predicted molar refractivity (Wildman–Crippen MR) is 65.0 cm³/mol. The van der Waals surface area contributed by atoms with E-state index in [1.807, 2.05) is 0 Å². The Morgan fingerprint density at radius 1 is 1.17 bits per heavy atom. The number of carboxylic acids is 1. The van der Waals surface area contributed by atoms with Crippen molar-refractivity contribution >= 4 is 11.9 Å². The van der Waals surface area contributed by atoms with Crippen molar-refractivity contribution in [2.24, 2.45) is 17.8 Å². The van der Waals surface area contributed by atoms with Gasteiger partial charge in [0.25, 0.3) is 0 Å². The second-order valence-electron chi connectivity index (χ2n) is 5.35. The van der Waals surface area contributed by atoms with Gasteiger partial charge in [0.2, 0.25) is 5.91 Å². The van der Waals surface area contributed by atoms with Gasteiger partial charge < -0.3 is 15.2 Å². The van der Waals surface area contributed by atoms with Crippen LogP contribution in [0.1, 0.15) is 32.1 Å². The van der Waals surface area contributed by atoms with E-state index in [4.69, 9.17) is 9.84 Å². The molecule has 0 aromatic rings. The van der Waals surface area contributed by atoms with E-state index < -0.39 is 5.97 Å². The molecule has 2 atom stereocenters. The summed E-state index contributed by atoms with van der Waals surface area (Å²) in [6, 6.07) is 0. The van der Waals surface area contributed by atoms with Crippen LogP contribution in [-0.4, -0.2) is 36.7 Å². The maximum atomic E-state index is 11.8. The first kappa shape index (κ1) is 13.3. The Hall–Kier alpha value is -1.10. The van der Waals surface area contributed by atoms with Crippen LogP contribution in [0.4, 0.5) is 0 Å². The fraction of sp³-hybridized carbons (Fsp3) is 0.846. The summed E-state index contributed by atoms with van der Waals surface area (Å²) in [4.78, 5) is 22.6. The smallest absolute Gasteiger partial charge is 0.306 e. The highest BCUT2D eigenvalue weighted by Crippen LogP contribution is 2.31. The van der Waals surface area contributed by atoms with E-state index in [1.165, 1.54) is 12.8 Å². The van der Waals surface area contributed by atoms with Gasteiger partial charge in [-0.3, -0.25) is 9.59 Å². The van der Waals surface area contributed by atoms with Crippen molar-refractivity contribution in [2.75, 3.05) is 19.8 Å². The van der Waals surface area contributed by atoms with Gasteiger partial charge in [-0.05, 0) is 38.0 Å². The minimum atomic E-state index is -0.780. The number of nitrogens with one attached hydrogen (secondary N) is 1. The molecule has 2 saturated carbocycles. The summed E-state index contributed by atoms with van der Waals surface area (Å²) >= 11 is 0. The lowest BCUT2D eigenvalue weighted by molar-refractivity contribution is -0.141. The molecule has 2 N–H and O–H groups in total. The van der Waals surface area contributed by atoms with Crippen LogP contribution in [0.15, 0.2) is 0 Å². The number of amides is 1. The van der Waals surface area contributed by atoms with Crippen LogP contribution in [-0.2, 0) is 14.3 Å². The van der Waals surface area contributed by atoms with E-state index in [0.29, 0.717) is 32.4 Å². The molecule has 2 fully saturated rings. The number of hydrogen-bond acceptors (Lipinski definition) is 3. The second kappa shape index (κ2) is 6.18. The van der Waals surface area contributed by atoms with Crippen LogP contribution in [0, 0.1) is 17.8 Å². The molecule has 0 aromatic carbocycles. The van der Waals surface area contributed by atoms with Gasteiger partial charge in [0.1, 0.15) is 0 Å². The Labute approximate surface area is 107 Å². The highest BCUT2D eigenvalue weighted by atomic mass is 16.5. The van der Waals surface area contributed by atoms with Gasteiger partial charge in [0.15, 0.2) is 0 Å². The molecule has 2 aliphatic rings. The van der Waals surface area contributed by atoms with Crippen LogP contribution in [0.5, 0.6) is 0 Å². The fourth-order valence-corrected chi connectivity index (χ4v) is 2.37. The molecule has 0 saturated heterocycles. The van der Waals surface area contributed by atoms with Gasteiger partial charge >= 0.3 is 5.97 Å². The normalized spacial score (nSPS) is 27.1. The average Bonchev–Trinajstić information content (AvgIpc) is 3.02. The monoisotopic (exact) mass is 255 g/mol. The number of ether oxygens (including phenoxy) is 1. The Morgan fingerprint density at radius 2 is 1.89 bits per heavy atom. The maximum Gasteiger partial charge on any atom is 0.306 e. The van der Waals surface area contributed by atoms with Crippen molar-refractivity contribution in [3.63, 3.8) is 0 Å². The van der Waals surface area contributed by atoms with Crippen molar-refractivity contribution < 1.29 is 19.4 Å². The van der Waals surface area contributed by atoms with Gasteiger partial charge in [-0.25, -0.2) is 0 Å². The number of aliphatic carboxylic acids is 1. The first-order valence-electron chi connectivity index (χ1n) is 6.75. The number of rotatable bonds is 7. The first-order valence-corrected chi connectivity index (χ1v) is 6.75. The summed E-state index contributed by atoms with van der Waals surface area (Å²) in [6.07, 6.45) is 4.32. The van der Waals surface area contributed by atoms with Crippen molar-refractivity contribution in [1.29, 1.82) is 0 Å². The summed E-state index contributed by atoms with van der Waals surface area (Å²) in [5.74, 6) is -0.528. The number of hydrogen-bond donors (Lipinski definition) is 2. The molecule has 0 radical (unpaired) electrons. The summed E-state index contributed by atoms with van der Waals surface area (Å²) in [6.45, 7) is 1.89. The summed E-state index contributed by atoms with van der Waals surface area (Å²) in [7, 11) is 0. The third-order valence-corrected chi connectivity index (χ3v) is 3.75. The quantitative estimate of drug-likeness (QED) is 0.666. The number of carbonyl (C=O) groups excluding carboxylic acids is 1. The average molecular weight is 255 g/mol. The summed E-state index contributed by atoms with van der Waals surface area (Å²) < 4.78 is 5.42. The molecule has 0 unspecified atom stereocenters. The highest BCUT2D eigenvalue weighted by molar-refractivity contribution is 5.80. The molecule has 0 aromatic heterocycles. The minimum Gasteiger partial charge on any atom is -0.481 e. The van der Waals surface area contributed by atoms with E-state index in [2.05, 4.69) is 5.32 Å². The Balaban J connectivity index is 1.55. The zero-order valence-electron chi connectivity index (χ0n) is 10.6. The Kier molecular flexibility index (Phi) is 4.58. The standard InChI is InChI=1S/C13H21NO4/c15-12(10-3-4-11(7-10)13(16)17)14-5-6-18-8-9-1-2-9/h9-11H,1-8H2,(H,14,15)(H,16,17)/t10-,11+/m0/s1. The van der Waals surface area contributed by atoms with E-state index in [-0.39, 0.29) is 17.7 Å². The zero-order valence-corrected chi connectivity index (χ0v) is 10.6. The largest absolute Gasteiger partial charge is 0.481 e. The zero-order chi connectivity index (χ0) is 13.0. The molecule has 0 bridgehead atoms. The van der Waals surface area contributed by atoms with E-state index in [1.54, 1.807) is 0 Å². The highest BCUT2D eigenvalue weighted by Gasteiger charge is 2.33. The van der Waals surface area contributed by atoms with Crippen LogP contribution in [0.3, 0.4) is 0 Å². The molecule has 2 aliphatic carbocycles. The molecule has 18 heavy (non-hydrogen) atoms. The topological polar surface area (TPSA) is 75.6 Å². The number of carbonyl (C=O) groups is 2. The van der Waals surface area contributed by atoms with Crippen molar-refractivity contribution in [1.82, 2.24) is 5.32 Å². The molecule has 102 valence electrons. The van der Waals surface area contributed by atoms with E-state index in [0.717, 1.165) is 12.5 Å². The van der Waals surface area contributed by atoms with Gasteiger partial charge in [0.05, 0.1) is 12.5 Å². The van der Waals surface area contributed by atoms with Gasteiger partial charge in [-0.2, -0.15) is 0 Å². The lowest BCUT2D eigenvalue weighted by Crippen LogP contribution is -2.32. The van der Waals surface area contributed by atoms with E-state index in [9.17, 15) is 9.59 Å². The third kappa shape index (κ3) is 3.98. The van der Waals surface area contributed by atoms with Gasteiger partial charge in [0, 0.05) is 19.1 Å². The fourth-order valence-electron chi connectivity index (χ4n) is 2.37. The van der Waals surface area contributed by atoms with Gasteiger partial charge in [-0.15, -0.1) is 0 Å². The van der Waals surface area contributed by atoms with Crippen LogP contribution < -0.4 is 5.32 Å². The second-order valence-corrected chi connectivity index (χ2v) is 5.35. The Morgan fingerprint density at radius 3 is 2.50 bits per heavy atom. The number of carboxylic acid groups (broad SMARTS) is 1. The molecule has 5 nitrogen and oxygen atoms in total. The van der Waals surface area contributed by atoms with Gasteiger partial charge in [-0.1, -0.05) is 0 Å². The lowest BCUT2D eigenvalue weighted by atomic mass is 10.0. The van der Waals surface area contributed by atoms with Crippen LogP contribution >= 0.6 is 0 Å². The maximum absolute atomic E-state index is 11.8. The first-order chi connectivity index (χ1) is 8.66. The molecule has 2 rings (SSSR count). The van der Waals surface area contributed by atoms with Crippen molar-refractivity contribution in [3.05, 3.63) is 0 Å². The van der Waals surface area contributed by atoms with Crippen LogP contribution in [0.25, 0.3) is 0 Å². The lowest BCUT2D eigenvalue weighted by Gasteiger charge is -2.10. The molecule has 0 aliphatic heterocycles. The summed E-state index contributed by atoms with van der Waals surface area (Å²) in [5.41, 5.74) is 0. The van der Waals surface area contributed by atoms with E-state index >= 15 is 0 Å². The molecule has 5 heteroatoms. The molecule has 0 spiro atoms. The van der Waals surface area contributed by atoms with Crippen molar-refractivity contribution in [2.45, 2.75) is 32.1 Å². The molecule has 1 amide bonds.